The van der Waals surface area contributed by atoms with Gasteiger partial charge in [0.2, 0.25) is 23.5 Å². The third kappa shape index (κ3) is 10.6. The highest BCUT2D eigenvalue weighted by atomic mass is 16.6. The number of pyridine rings is 1. The Labute approximate surface area is 266 Å². The molecule has 2 N–H and O–H groups in total. The summed E-state index contributed by atoms with van der Waals surface area (Å²) in [7, 11) is 1.08. The summed E-state index contributed by atoms with van der Waals surface area (Å²) in [6.45, 7) is 7.17. The maximum Gasteiger partial charge on any atom is 0.373 e. The number of aromatic nitrogens is 1. The molecule has 16 nitrogen and oxygen atoms in total. The topological polar surface area (TPSA) is 206 Å². The van der Waals surface area contributed by atoms with E-state index < -0.39 is 90.4 Å². The molecule has 1 unspecified atom stereocenters. The molecule has 1 aromatic rings. The van der Waals surface area contributed by atoms with Crippen molar-refractivity contribution >= 4 is 41.6 Å². The van der Waals surface area contributed by atoms with Gasteiger partial charge < -0.3 is 39.2 Å². The molecule has 252 valence electrons. The Balaban J connectivity index is 2.72. The van der Waals surface area contributed by atoms with Gasteiger partial charge in [0.25, 0.3) is 0 Å². The second kappa shape index (κ2) is 17.5. The molecule has 3 amide bonds. The van der Waals surface area contributed by atoms with Gasteiger partial charge in [-0.15, -0.1) is 0 Å². The Bertz CT molecular complexity index is 1320. The molecule has 6 atom stereocenters. The van der Waals surface area contributed by atoms with Crippen molar-refractivity contribution in [1.29, 1.82) is 0 Å². The van der Waals surface area contributed by atoms with E-state index in [1.165, 1.54) is 37.2 Å². The van der Waals surface area contributed by atoms with Crippen LogP contribution in [0, 0.1) is 0 Å². The third-order valence-corrected chi connectivity index (χ3v) is 6.59. The van der Waals surface area contributed by atoms with Crippen molar-refractivity contribution in [3.05, 3.63) is 41.9 Å². The van der Waals surface area contributed by atoms with Crippen LogP contribution >= 0.6 is 0 Å². The average molecular weight is 649 g/mol. The van der Waals surface area contributed by atoms with Crippen molar-refractivity contribution in [2.75, 3.05) is 20.3 Å². The first-order chi connectivity index (χ1) is 21.7. The van der Waals surface area contributed by atoms with Crippen molar-refractivity contribution in [2.45, 2.75) is 84.4 Å². The van der Waals surface area contributed by atoms with Crippen molar-refractivity contribution in [2.24, 2.45) is 0 Å². The number of hydrogen-bond acceptors (Lipinski definition) is 13. The van der Waals surface area contributed by atoms with Crippen LogP contribution in [0.3, 0.4) is 0 Å². The lowest BCUT2D eigenvalue weighted by molar-refractivity contribution is -0.188. The monoisotopic (exact) mass is 648 g/mol. The lowest BCUT2D eigenvalue weighted by Crippen LogP contribution is -2.65. The smallest absolute Gasteiger partial charge is 0.373 e. The summed E-state index contributed by atoms with van der Waals surface area (Å²) in [6, 6.07) is -0.513. The van der Waals surface area contributed by atoms with Gasteiger partial charge in [-0.1, -0.05) is 13.0 Å². The first-order valence-electron chi connectivity index (χ1n) is 14.4. The molecule has 0 spiro atoms. The molecule has 2 heterocycles. The van der Waals surface area contributed by atoms with E-state index in [0.717, 1.165) is 27.9 Å². The van der Waals surface area contributed by atoms with Gasteiger partial charge in [-0.05, 0) is 18.6 Å². The summed E-state index contributed by atoms with van der Waals surface area (Å²) in [5.41, 5.74) is 0.384. The Morgan fingerprint density at radius 2 is 1.65 bits per heavy atom. The molecule has 1 aliphatic rings. The number of esters is 4. The van der Waals surface area contributed by atoms with Crippen LogP contribution in [0.5, 0.6) is 0 Å². The summed E-state index contributed by atoms with van der Waals surface area (Å²) in [6.07, 6.45) is 0.0221. The van der Waals surface area contributed by atoms with Gasteiger partial charge >= 0.3 is 23.9 Å². The fraction of sp³-hybridized carbons (Fsp3) is 0.533. The number of nitrogens with zero attached hydrogens (tertiary/aromatic N) is 2. The van der Waals surface area contributed by atoms with Gasteiger partial charge in [-0.3, -0.25) is 33.8 Å². The molecule has 0 saturated carbocycles. The Morgan fingerprint density at radius 1 is 0.978 bits per heavy atom. The van der Waals surface area contributed by atoms with Crippen molar-refractivity contribution in [3.63, 3.8) is 0 Å². The lowest BCUT2D eigenvalue weighted by Gasteiger charge is -2.42. The van der Waals surface area contributed by atoms with Gasteiger partial charge in [0.1, 0.15) is 12.6 Å². The van der Waals surface area contributed by atoms with Crippen LogP contribution in [0.2, 0.25) is 0 Å². The molecular formula is C30H40N4O12. The molecule has 0 saturated heterocycles. The lowest BCUT2D eigenvalue weighted by atomic mass is 9.91. The molecule has 0 fully saturated rings. The number of carbonyl (C=O) groups excluding carboxylic acids is 7. The third-order valence-electron chi connectivity index (χ3n) is 6.59. The second-order valence-corrected chi connectivity index (χ2v) is 10.3. The van der Waals surface area contributed by atoms with Crippen LogP contribution in [0.15, 0.2) is 36.4 Å². The van der Waals surface area contributed by atoms with E-state index >= 15 is 0 Å². The quantitative estimate of drug-likeness (QED) is 0.205. The summed E-state index contributed by atoms with van der Waals surface area (Å²) in [5, 5.41) is 5.41. The zero-order chi connectivity index (χ0) is 34.6. The summed E-state index contributed by atoms with van der Waals surface area (Å²) < 4.78 is 26.6. The fourth-order valence-electron chi connectivity index (χ4n) is 4.87. The van der Waals surface area contributed by atoms with Crippen LogP contribution in [-0.4, -0.2) is 102 Å². The van der Waals surface area contributed by atoms with Crippen molar-refractivity contribution < 1.29 is 57.2 Å². The normalized spacial score (nSPS) is 19.0. The first-order valence-corrected chi connectivity index (χ1v) is 14.4. The molecular weight excluding hydrogens is 608 g/mol. The molecule has 2 rings (SSSR count). The maximum absolute atomic E-state index is 14.1. The number of hydrogen-bond donors (Lipinski definition) is 2. The minimum atomic E-state index is -1.60. The molecule has 1 aromatic heterocycles. The van der Waals surface area contributed by atoms with Crippen LogP contribution in [0.1, 0.15) is 59.6 Å². The van der Waals surface area contributed by atoms with E-state index in [9.17, 15) is 33.6 Å². The molecule has 0 radical (unpaired) electrons. The molecule has 0 aliphatic carbocycles. The maximum atomic E-state index is 14.1. The average Bonchev–Trinajstić information content (AvgIpc) is 2.98. The predicted octanol–water partition coefficient (Wildman–Crippen LogP) is 0.253. The van der Waals surface area contributed by atoms with Crippen LogP contribution < -0.4 is 10.6 Å². The number of ether oxygens (including phenoxy) is 5. The highest BCUT2D eigenvalue weighted by molar-refractivity contribution is 5.90. The van der Waals surface area contributed by atoms with Crippen molar-refractivity contribution in [1.82, 2.24) is 20.5 Å². The number of methoxy groups -OCH3 is 1. The molecule has 0 aromatic carbocycles. The van der Waals surface area contributed by atoms with Crippen molar-refractivity contribution in [3.8, 4) is 0 Å². The van der Waals surface area contributed by atoms with E-state index in [1.807, 2.05) is 6.92 Å². The Morgan fingerprint density at radius 3 is 2.15 bits per heavy atom. The SMILES string of the molecule is CCCN(C(C)=O)C(C(=O)N[C@H]1C=C(C(=O)OC)O[C@H]([C@@H](OC(C)=O)[C@@H](COC(C)=O)OC(C)=O)[C@@H]1NC(C)=O)c1cccnc1. The largest absolute Gasteiger partial charge is 0.477 e. The van der Waals surface area contributed by atoms with E-state index in [0.29, 0.717) is 12.0 Å². The second-order valence-electron chi connectivity index (χ2n) is 10.3. The van der Waals surface area contributed by atoms with Gasteiger partial charge in [0.05, 0.1) is 19.2 Å². The fourth-order valence-corrected chi connectivity index (χ4v) is 4.87. The van der Waals surface area contributed by atoms with Crippen LogP contribution in [0.25, 0.3) is 0 Å². The Kier molecular flexibility index (Phi) is 14.1. The Hall–Kier alpha value is -5.02. The van der Waals surface area contributed by atoms with Gasteiger partial charge in [-0.2, -0.15) is 0 Å². The van der Waals surface area contributed by atoms with Crippen LogP contribution in [0.4, 0.5) is 0 Å². The number of nitrogens with one attached hydrogen (secondary N) is 2. The molecule has 1 aliphatic heterocycles. The number of amides is 3. The van der Waals surface area contributed by atoms with E-state index in [1.54, 1.807) is 12.1 Å². The predicted molar refractivity (Wildman–Crippen MR) is 157 cm³/mol. The standard InChI is InChI=1S/C30H40N4O12/c1-8-12-34(17(3)36)26(21-10-9-11-31-14-21)29(40)33-22-13-23(30(41)42-7)46-28(25(22)32-16(2)35)27(45-20(6)39)24(44-19(5)38)15-43-18(4)37/h9-11,13-14,22,24-28H,8,12,15H2,1-7H3,(H,32,35)(H,33,40)/t22-,24+,25+,26?,27-,28-/m0/s1. The van der Waals surface area contributed by atoms with Crippen LogP contribution in [-0.2, 0) is 57.2 Å². The van der Waals surface area contributed by atoms with Gasteiger partial charge in [0, 0.05) is 59.1 Å². The van der Waals surface area contributed by atoms with E-state index in [4.69, 9.17) is 23.7 Å². The zero-order valence-electron chi connectivity index (χ0n) is 26.8. The zero-order valence-corrected chi connectivity index (χ0v) is 26.8. The summed E-state index contributed by atoms with van der Waals surface area (Å²) in [4.78, 5) is 93.5. The van der Waals surface area contributed by atoms with Gasteiger partial charge in [-0.25, -0.2) is 4.79 Å². The molecule has 0 bridgehead atoms. The van der Waals surface area contributed by atoms with E-state index in [-0.39, 0.29) is 6.54 Å². The highest BCUT2D eigenvalue weighted by Gasteiger charge is 2.49. The molecule has 46 heavy (non-hydrogen) atoms. The minimum absolute atomic E-state index is 0.214. The first kappa shape index (κ1) is 37.2. The molecule has 16 heteroatoms. The summed E-state index contributed by atoms with van der Waals surface area (Å²) >= 11 is 0. The van der Waals surface area contributed by atoms with E-state index in [2.05, 4.69) is 15.6 Å². The minimum Gasteiger partial charge on any atom is -0.477 e. The summed E-state index contributed by atoms with van der Waals surface area (Å²) in [5.74, 6) is -5.61. The number of rotatable bonds is 14. The van der Waals surface area contributed by atoms with Gasteiger partial charge in [0.15, 0.2) is 18.3 Å². The highest BCUT2D eigenvalue weighted by Crippen LogP contribution is 2.28. The number of carbonyl (C=O) groups is 7.